The molecule has 3 heterocycles. The van der Waals surface area contributed by atoms with Gasteiger partial charge in [-0.15, -0.1) is 11.8 Å². The number of thioether (sulfide) groups is 1. The summed E-state index contributed by atoms with van der Waals surface area (Å²) in [6.07, 6.45) is 0.670. The van der Waals surface area contributed by atoms with Gasteiger partial charge in [-0.3, -0.25) is 28.9 Å². The quantitative estimate of drug-likeness (QED) is 0.233. The Labute approximate surface area is 246 Å². The van der Waals surface area contributed by atoms with Crippen LogP contribution in [0.15, 0.2) is 58.4 Å². The number of fused-ring (bicyclic) bond motifs is 9. The molecule has 6 unspecified atom stereocenters. The summed E-state index contributed by atoms with van der Waals surface area (Å²) in [5, 5.41) is 22.2. The number of para-hydroxylation sites is 1. The van der Waals surface area contributed by atoms with E-state index in [-0.39, 0.29) is 46.2 Å². The van der Waals surface area contributed by atoms with Crippen molar-refractivity contribution in [1.29, 1.82) is 0 Å². The number of hydrogen-bond donors (Lipinski definition) is 4. The maximum absolute atomic E-state index is 13.4. The van der Waals surface area contributed by atoms with Crippen molar-refractivity contribution in [3.63, 3.8) is 0 Å². The van der Waals surface area contributed by atoms with Crippen LogP contribution >= 0.6 is 23.1 Å². The molecule has 11 nitrogen and oxygen atoms in total. The number of carboxylic acid groups (broad SMARTS) is 1. The molecule has 2 saturated carbocycles. The average Bonchev–Trinajstić information content (AvgIpc) is 3.69. The molecule has 42 heavy (non-hydrogen) atoms. The monoisotopic (exact) mass is 607 g/mol. The molecule has 1 saturated heterocycles. The van der Waals surface area contributed by atoms with Gasteiger partial charge in [-0.25, -0.2) is 0 Å². The van der Waals surface area contributed by atoms with E-state index in [1.807, 2.05) is 12.1 Å². The second-order valence-electron chi connectivity index (χ2n) is 11.0. The van der Waals surface area contributed by atoms with Crippen molar-refractivity contribution >= 4 is 52.5 Å². The van der Waals surface area contributed by atoms with Gasteiger partial charge < -0.3 is 25.3 Å². The number of aliphatic carboxylic acids is 1. The number of aromatic amines is 1. The second-order valence-corrected chi connectivity index (χ2v) is 13.2. The van der Waals surface area contributed by atoms with E-state index >= 15 is 0 Å². The molecule has 2 bridgehead atoms. The lowest BCUT2D eigenvalue weighted by molar-refractivity contribution is -0.149. The smallest absolute Gasteiger partial charge is 0.323 e. The van der Waals surface area contributed by atoms with Gasteiger partial charge in [0, 0.05) is 27.3 Å². The topological polar surface area (TPSA) is 166 Å². The maximum Gasteiger partial charge on any atom is 0.323 e. The van der Waals surface area contributed by atoms with Crippen molar-refractivity contribution in [3.8, 4) is 11.5 Å². The van der Waals surface area contributed by atoms with Crippen LogP contribution in [0.3, 0.4) is 0 Å². The minimum atomic E-state index is -1.23. The Kier molecular flexibility index (Phi) is 6.39. The van der Waals surface area contributed by atoms with Crippen LogP contribution in [0.25, 0.3) is 0 Å². The summed E-state index contributed by atoms with van der Waals surface area (Å²) >= 11 is 2.65. The summed E-state index contributed by atoms with van der Waals surface area (Å²) in [6.45, 7) is -0.920. The third-order valence-electron chi connectivity index (χ3n) is 8.87. The predicted molar refractivity (Wildman–Crippen MR) is 152 cm³/mol. The Balaban J connectivity index is 1.21. The number of carbonyl (C=O) groups excluding carboxylic acids is 3. The number of phenolic OH excluding ortho intramolecular Hbond substituents is 1. The number of thiazole rings is 1. The number of aromatic nitrogens is 1. The highest BCUT2D eigenvalue weighted by Gasteiger charge is 2.69. The van der Waals surface area contributed by atoms with Crippen molar-refractivity contribution in [2.45, 2.75) is 22.6 Å². The summed E-state index contributed by atoms with van der Waals surface area (Å²) in [6, 6.07) is 13.4. The number of carbonyl (C=O) groups is 4. The molecule has 216 valence electrons. The van der Waals surface area contributed by atoms with Crippen molar-refractivity contribution in [2.24, 2.45) is 29.6 Å². The molecule has 7 atom stereocenters. The zero-order valence-electron chi connectivity index (χ0n) is 21.9. The molecule has 4 aliphatic rings. The van der Waals surface area contributed by atoms with Crippen LogP contribution in [-0.4, -0.2) is 62.2 Å². The number of amides is 3. The van der Waals surface area contributed by atoms with Gasteiger partial charge in [0.05, 0.1) is 16.9 Å². The molecule has 1 aromatic heterocycles. The van der Waals surface area contributed by atoms with E-state index < -0.39 is 42.1 Å². The van der Waals surface area contributed by atoms with Gasteiger partial charge in [0.25, 0.3) is 5.91 Å². The third kappa shape index (κ3) is 4.21. The molecule has 2 aromatic carbocycles. The zero-order valence-corrected chi connectivity index (χ0v) is 23.5. The van der Waals surface area contributed by atoms with Gasteiger partial charge in [-0.2, -0.15) is 0 Å². The molecular weight excluding hydrogens is 582 g/mol. The van der Waals surface area contributed by atoms with Crippen LogP contribution in [0, 0.1) is 29.6 Å². The fraction of sp³-hybridized carbons (Fsp3) is 0.345. The number of phenols is 1. The lowest BCUT2D eigenvalue weighted by atomic mass is 9.68. The van der Waals surface area contributed by atoms with Crippen molar-refractivity contribution in [1.82, 2.24) is 9.88 Å². The Bertz CT molecular complexity index is 1680. The number of likely N-dealkylation sites (tertiary alicyclic amines) is 1. The van der Waals surface area contributed by atoms with Gasteiger partial charge in [-0.05, 0) is 54.5 Å². The Morgan fingerprint density at radius 1 is 1.02 bits per heavy atom. The third-order valence-corrected chi connectivity index (χ3v) is 11.5. The minimum absolute atomic E-state index is 0.0635. The van der Waals surface area contributed by atoms with Gasteiger partial charge in [0.15, 0.2) is 6.61 Å². The molecule has 3 aromatic rings. The number of aromatic hydroxyl groups is 1. The van der Waals surface area contributed by atoms with E-state index in [0.29, 0.717) is 17.9 Å². The SMILES string of the molecule is O=C(O)CN1C(=O)C2C3CC(C2C1=O)C1C3Sc2[nH]c(=O)sc2[C@@H]1c1ccccc1OCC(=O)Nc1ccc(O)cc1. The van der Waals surface area contributed by atoms with E-state index in [2.05, 4.69) is 10.3 Å². The zero-order chi connectivity index (χ0) is 29.3. The number of nitrogens with one attached hydrogen (secondary N) is 2. The summed E-state index contributed by atoms with van der Waals surface area (Å²) in [5.74, 6) is -3.77. The van der Waals surface area contributed by atoms with E-state index in [0.717, 1.165) is 31.7 Å². The van der Waals surface area contributed by atoms with Gasteiger partial charge in [-0.1, -0.05) is 29.5 Å². The summed E-state index contributed by atoms with van der Waals surface area (Å²) in [7, 11) is 0. The molecule has 2 aliphatic heterocycles. The van der Waals surface area contributed by atoms with Gasteiger partial charge in [0.1, 0.15) is 18.0 Å². The highest BCUT2D eigenvalue weighted by molar-refractivity contribution is 8.00. The number of H-pyrrole nitrogens is 1. The second kappa shape index (κ2) is 10.0. The first-order valence-electron chi connectivity index (χ1n) is 13.5. The number of nitrogens with zero attached hydrogens (tertiary/aromatic N) is 1. The summed E-state index contributed by atoms with van der Waals surface area (Å²) in [4.78, 5) is 67.8. The Morgan fingerprint density at radius 2 is 1.74 bits per heavy atom. The average molecular weight is 608 g/mol. The molecule has 0 radical (unpaired) electrons. The first-order valence-corrected chi connectivity index (χ1v) is 15.2. The first-order chi connectivity index (χ1) is 20.2. The number of imide groups is 1. The van der Waals surface area contributed by atoms with Gasteiger partial charge in [0.2, 0.25) is 11.8 Å². The molecule has 3 fully saturated rings. The maximum atomic E-state index is 13.4. The predicted octanol–water partition coefficient (Wildman–Crippen LogP) is 2.72. The highest BCUT2D eigenvalue weighted by Crippen LogP contribution is 2.69. The molecule has 7 rings (SSSR count). The Morgan fingerprint density at radius 3 is 2.48 bits per heavy atom. The number of rotatable bonds is 7. The number of ether oxygens (including phenoxy) is 1. The molecule has 3 amide bonds. The van der Waals surface area contributed by atoms with Crippen LogP contribution in [0.4, 0.5) is 5.69 Å². The minimum Gasteiger partial charge on any atom is -0.508 e. The summed E-state index contributed by atoms with van der Waals surface area (Å²) < 4.78 is 6.04. The van der Waals surface area contributed by atoms with Crippen LogP contribution < -0.4 is 14.9 Å². The normalized spacial score (nSPS) is 28.8. The van der Waals surface area contributed by atoms with E-state index in [4.69, 9.17) is 4.74 Å². The molecule has 2 aliphatic carbocycles. The number of benzene rings is 2. The standard InChI is InChI=1S/C29H25N3O8S2/c33-13-7-5-12(6-8-13)30-18(34)11-40-17-4-2-1-3-14(17)20-21-15-9-16(24(21)41-26-25(20)42-29(39)31-26)23-22(15)27(37)32(28(23)38)10-19(35)36/h1-8,15-16,20-24,33H,9-11H2,(H,30,34)(H,31,39)(H,35,36)/t15?,16?,20-,21?,22?,23?,24?/m1/s1. The largest absolute Gasteiger partial charge is 0.508 e. The lowest BCUT2D eigenvalue weighted by Crippen LogP contribution is -2.42. The molecule has 4 N–H and O–H groups in total. The lowest BCUT2D eigenvalue weighted by Gasteiger charge is -2.43. The van der Waals surface area contributed by atoms with Crippen molar-refractivity contribution in [2.75, 3.05) is 18.5 Å². The number of carboxylic acids is 1. The van der Waals surface area contributed by atoms with Crippen LogP contribution in [-0.2, 0) is 19.2 Å². The van der Waals surface area contributed by atoms with E-state index in [9.17, 15) is 34.2 Å². The van der Waals surface area contributed by atoms with Crippen LogP contribution in [0.5, 0.6) is 11.5 Å². The van der Waals surface area contributed by atoms with Crippen LogP contribution in [0.1, 0.15) is 22.8 Å². The number of anilines is 1. The molecule has 0 spiro atoms. The van der Waals surface area contributed by atoms with Crippen molar-refractivity contribution in [3.05, 3.63) is 68.6 Å². The fourth-order valence-corrected chi connectivity index (χ4v) is 10.4. The van der Waals surface area contributed by atoms with E-state index in [1.54, 1.807) is 24.3 Å². The van der Waals surface area contributed by atoms with E-state index in [1.165, 1.54) is 23.9 Å². The van der Waals surface area contributed by atoms with Crippen LogP contribution in [0.2, 0.25) is 0 Å². The van der Waals surface area contributed by atoms with Gasteiger partial charge >= 0.3 is 10.8 Å². The van der Waals surface area contributed by atoms with Crippen molar-refractivity contribution < 1.29 is 34.1 Å². The Hall–Kier alpha value is -4.10. The first kappa shape index (κ1) is 26.8. The highest BCUT2D eigenvalue weighted by atomic mass is 32.2. The fourth-order valence-electron chi connectivity index (χ4n) is 7.47. The number of hydrogen-bond acceptors (Lipinski definition) is 9. The summed E-state index contributed by atoms with van der Waals surface area (Å²) in [5.41, 5.74) is 1.29. The molecular formula is C29H25N3O8S2. The molecule has 13 heteroatoms.